The van der Waals surface area contributed by atoms with Crippen LogP contribution in [-0.2, 0) is 36.9 Å². The molecular formula is C31H42N4O7. The van der Waals surface area contributed by atoms with Crippen molar-refractivity contribution in [2.24, 2.45) is 5.92 Å². The first-order valence-corrected chi connectivity index (χ1v) is 13.9. The minimum absolute atomic E-state index is 0.0128. The van der Waals surface area contributed by atoms with E-state index >= 15 is 0 Å². The van der Waals surface area contributed by atoms with Crippen LogP contribution in [0.25, 0.3) is 0 Å². The van der Waals surface area contributed by atoms with Gasteiger partial charge in [-0.2, -0.15) is 0 Å². The number of aldehydes is 1. The Morgan fingerprint density at radius 3 is 1.93 bits per heavy atom. The molecule has 3 N–H and O–H groups in total. The molecule has 0 heterocycles. The minimum atomic E-state index is -1.20. The smallest absolute Gasteiger partial charge is 0.426 e. The van der Waals surface area contributed by atoms with Crippen LogP contribution in [0.2, 0.25) is 0 Å². The molecule has 42 heavy (non-hydrogen) atoms. The quantitative estimate of drug-likeness (QED) is 0.254. The normalized spacial score (nSPS) is 13.2. The van der Waals surface area contributed by atoms with Gasteiger partial charge in [0.1, 0.15) is 36.6 Å². The van der Waals surface area contributed by atoms with Gasteiger partial charge in [-0.05, 0) is 51.2 Å². The Morgan fingerprint density at radius 1 is 0.833 bits per heavy atom. The Bertz CT molecular complexity index is 1180. The molecule has 2 aromatic rings. The van der Waals surface area contributed by atoms with E-state index in [1.54, 1.807) is 45.0 Å². The molecule has 4 amide bonds. The van der Waals surface area contributed by atoms with Crippen LogP contribution in [0.5, 0.6) is 0 Å². The molecule has 0 saturated heterocycles. The molecule has 228 valence electrons. The molecule has 0 radical (unpaired) electrons. The van der Waals surface area contributed by atoms with Crippen LogP contribution < -0.4 is 16.1 Å². The Balaban J connectivity index is 2.27. The van der Waals surface area contributed by atoms with E-state index in [1.165, 1.54) is 6.92 Å². The fourth-order valence-electron chi connectivity index (χ4n) is 3.92. The van der Waals surface area contributed by atoms with Gasteiger partial charge in [-0.25, -0.2) is 20.0 Å². The zero-order valence-corrected chi connectivity index (χ0v) is 25.1. The van der Waals surface area contributed by atoms with E-state index in [0.29, 0.717) is 6.29 Å². The number of nitrogens with zero attached hydrogens (tertiary/aromatic N) is 1. The van der Waals surface area contributed by atoms with Gasteiger partial charge in [0.25, 0.3) is 5.91 Å². The largest absolute Gasteiger partial charge is 0.445 e. The third kappa shape index (κ3) is 12.0. The van der Waals surface area contributed by atoms with Gasteiger partial charge >= 0.3 is 12.2 Å². The average Bonchev–Trinajstić information content (AvgIpc) is 2.93. The summed E-state index contributed by atoms with van der Waals surface area (Å²) in [7, 11) is 0. The molecule has 0 fully saturated rings. The maximum atomic E-state index is 13.8. The van der Waals surface area contributed by atoms with Crippen molar-refractivity contribution < 1.29 is 33.4 Å². The van der Waals surface area contributed by atoms with Crippen LogP contribution in [0.4, 0.5) is 9.59 Å². The number of hydrogen-bond donors (Lipinski definition) is 3. The summed E-state index contributed by atoms with van der Waals surface area (Å²) in [4.78, 5) is 64.1. The van der Waals surface area contributed by atoms with E-state index in [4.69, 9.17) is 9.47 Å². The molecule has 0 unspecified atom stereocenters. The van der Waals surface area contributed by atoms with E-state index in [2.05, 4.69) is 16.1 Å². The van der Waals surface area contributed by atoms with Crippen molar-refractivity contribution in [3.8, 4) is 0 Å². The third-order valence-electron chi connectivity index (χ3n) is 5.88. The fraction of sp³-hybridized carbons (Fsp3) is 0.452. The molecule has 11 nitrogen and oxygen atoms in total. The maximum absolute atomic E-state index is 13.8. The number of nitrogens with one attached hydrogen (secondary N) is 3. The van der Waals surface area contributed by atoms with Gasteiger partial charge < -0.3 is 24.9 Å². The Morgan fingerprint density at radius 2 is 1.40 bits per heavy atom. The zero-order chi connectivity index (χ0) is 31.3. The highest BCUT2D eigenvalue weighted by molar-refractivity contribution is 5.93. The molecule has 3 atom stereocenters. The van der Waals surface area contributed by atoms with Crippen molar-refractivity contribution in [3.05, 3.63) is 71.8 Å². The standard InChI is InChI=1S/C31H42N4O7/c1-21(2)17-25(33-29(39)41-20-24-15-11-8-12-16-24)27(37)32-26(18-23-13-9-7-10-14-23)28(38)35(22(3)19-36)34-30(40)42-31(4,5)6/h7-16,19,21-22,25-26H,17-18,20H2,1-6H3,(H,32,37)(H,33,39)(H,34,40)/t22-,25-,26-/m0/s1. The lowest BCUT2D eigenvalue weighted by Crippen LogP contribution is -2.61. The van der Waals surface area contributed by atoms with E-state index < -0.39 is 47.7 Å². The molecule has 0 aliphatic heterocycles. The summed E-state index contributed by atoms with van der Waals surface area (Å²) in [5, 5.41) is 6.17. The van der Waals surface area contributed by atoms with Crippen molar-refractivity contribution in [1.29, 1.82) is 0 Å². The van der Waals surface area contributed by atoms with Gasteiger partial charge in [0.15, 0.2) is 0 Å². The highest BCUT2D eigenvalue weighted by Gasteiger charge is 2.34. The van der Waals surface area contributed by atoms with Gasteiger partial charge in [-0.1, -0.05) is 74.5 Å². The molecule has 0 spiro atoms. The lowest BCUT2D eigenvalue weighted by molar-refractivity contribution is -0.143. The first kappa shape index (κ1) is 33.8. The molecule has 0 aromatic heterocycles. The molecule has 11 heteroatoms. The monoisotopic (exact) mass is 582 g/mol. The molecule has 0 aliphatic rings. The number of hydrazine groups is 1. The van der Waals surface area contributed by atoms with Crippen molar-refractivity contribution >= 4 is 30.3 Å². The van der Waals surface area contributed by atoms with Gasteiger partial charge in [0.05, 0.1) is 0 Å². The highest BCUT2D eigenvalue weighted by atomic mass is 16.6. The van der Waals surface area contributed by atoms with Gasteiger partial charge in [-0.3, -0.25) is 9.59 Å². The number of rotatable bonds is 12. The number of ether oxygens (including phenoxy) is 2. The van der Waals surface area contributed by atoms with Crippen molar-refractivity contribution in [1.82, 2.24) is 21.1 Å². The molecule has 0 saturated carbocycles. The maximum Gasteiger partial charge on any atom is 0.426 e. The van der Waals surface area contributed by atoms with Crippen molar-refractivity contribution in [3.63, 3.8) is 0 Å². The molecule has 2 aromatic carbocycles. The molecule has 0 aliphatic carbocycles. The molecule has 2 rings (SSSR count). The van der Waals surface area contributed by atoms with Gasteiger partial charge in [0, 0.05) is 6.42 Å². The second-order valence-electron chi connectivity index (χ2n) is 11.3. The number of benzene rings is 2. The van der Waals surface area contributed by atoms with E-state index in [1.807, 2.05) is 50.2 Å². The van der Waals surface area contributed by atoms with E-state index in [9.17, 15) is 24.0 Å². The third-order valence-corrected chi connectivity index (χ3v) is 5.88. The van der Waals surface area contributed by atoms with Crippen LogP contribution in [0.15, 0.2) is 60.7 Å². The van der Waals surface area contributed by atoms with E-state index in [-0.39, 0.29) is 25.4 Å². The van der Waals surface area contributed by atoms with E-state index in [0.717, 1.165) is 16.1 Å². The number of carbonyl (C=O) groups is 5. The topological polar surface area (TPSA) is 143 Å². The first-order chi connectivity index (χ1) is 19.8. The Hall–Kier alpha value is -4.41. The predicted molar refractivity (Wildman–Crippen MR) is 157 cm³/mol. The van der Waals surface area contributed by atoms with Crippen molar-refractivity contribution in [2.45, 2.75) is 84.7 Å². The fourth-order valence-corrected chi connectivity index (χ4v) is 3.92. The van der Waals surface area contributed by atoms with Crippen LogP contribution in [-0.4, -0.2) is 59.0 Å². The lowest BCUT2D eigenvalue weighted by Gasteiger charge is -2.32. The summed E-state index contributed by atoms with van der Waals surface area (Å²) in [6.45, 7) is 10.2. The summed E-state index contributed by atoms with van der Waals surface area (Å²) in [5.41, 5.74) is 2.99. The minimum Gasteiger partial charge on any atom is -0.445 e. The summed E-state index contributed by atoms with van der Waals surface area (Å²) in [6, 6.07) is 14.8. The van der Waals surface area contributed by atoms with Crippen LogP contribution in [0, 0.1) is 5.92 Å². The lowest BCUT2D eigenvalue weighted by atomic mass is 10.0. The number of carbonyl (C=O) groups excluding carboxylic acids is 5. The SMILES string of the molecule is CC(C)C[C@H](NC(=O)OCc1ccccc1)C(=O)N[C@@H](Cc1ccccc1)C(=O)N(NC(=O)OC(C)(C)C)[C@@H](C)C=O. The first-order valence-electron chi connectivity index (χ1n) is 13.9. The van der Waals surface area contributed by atoms with Crippen LogP contribution >= 0.6 is 0 Å². The molecule has 0 bridgehead atoms. The van der Waals surface area contributed by atoms with Gasteiger partial charge in [-0.15, -0.1) is 0 Å². The summed E-state index contributed by atoms with van der Waals surface area (Å²) in [6.07, 6.45) is -0.912. The second-order valence-corrected chi connectivity index (χ2v) is 11.3. The summed E-state index contributed by atoms with van der Waals surface area (Å²) < 4.78 is 10.6. The Labute approximate surface area is 247 Å². The number of alkyl carbamates (subject to hydrolysis) is 1. The van der Waals surface area contributed by atoms with Gasteiger partial charge in [0.2, 0.25) is 5.91 Å². The summed E-state index contributed by atoms with van der Waals surface area (Å²) in [5.74, 6) is -1.35. The number of hydrogen-bond acceptors (Lipinski definition) is 7. The van der Waals surface area contributed by atoms with Crippen molar-refractivity contribution in [2.75, 3.05) is 0 Å². The van der Waals surface area contributed by atoms with Crippen LogP contribution in [0.1, 0.15) is 59.1 Å². The average molecular weight is 583 g/mol. The van der Waals surface area contributed by atoms with Crippen LogP contribution in [0.3, 0.4) is 0 Å². The zero-order valence-electron chi connectivity index (χ0n) is 25.1. The molecular weight excluding hydrogens is 540 g/mol. The summed E-state index contributed by atoms with van der Waals surface area (Å²) >= 11 is 0. The Kier molecular flexibility index (Phi) is 13.0. The number of amides is 4. The second kappa shape index (κ2) is 16.1. The highest BCUT2D eigenvalue weighted by Crippen LogP contribution is 2.12. The predicted octanol–water partition coefficient (Wildman–Crippen LogP) is 3.91.